The first kappa shape index (κ1) is 21.0. The average Bonchev–Trinajstić information content (AvgIpc) is 2.94. The maximum absolute atomic E-state index is 9.60. The van der Waals surface area contributed by atoms with Crippen molar-refractivity contribution in [1.82, 2.24) is 9.69 Å². The fraction of sp³-hybridized carbons (Fsp3) is 0.500. The van der Waals surface area contributed by atoms with Gasteiger partial charge in [-0.3, -0.25) is 0 Å². The van der Waals surface area contributed by atoms with Crippen LogP contribution < -0.4 is 10.1 Å². The van der Waals surface area contributed by atoms with Gasteiger partial charge in [0.05, 0.1) is 0 Å². The minimum Gasteiger partial charge on any atom is -0.478 e. The van der Waals surface area contributed by atoms with Crippen LogP contribution in [0.25, 0.3) is 0 Å². The van der Waals surface area contributed by atoms with Crippen molar-refractivity contribution in [1.29, 1.82) is 0 Å². The normalized spacial score (nSPS) is 12.3. The molecule has 0 bridgehead atoms. The summed E-state index contributed by atoms with van der Waals surface area (Å²) in [6, 6.07) is 1.79. The predicted molar refractivity (Wildman–Crippen MR) is 85.8 cm³/mol. The summed E-state index contributed by atoms with van der Waals surface area (Å²) < 4.78 is 9.27. The van der Waals surface area contributed by atoms with Crippen LogP contribution in [0, 0.1) is 0 Å². The first-order chi connectivity index (χ1) is 10.6. The fourth-order valence-electron chi connectivity index (χ4n) is 1.08. The summed E-state index contributed by atoms with van der Waals surface area (Å²) in [5.41, 5.74) is 0.0155. The van der Waals surface area contributed by atoms with Crippen LogP contribution >= 0.6 is 11.5 Å². The van der Waals surface area contributed by atoms with Crippen LogP contribution in [-0.2, 0) is 9.59 Å². The summed E-state index contributed by atoms with van der Waals surface area (Å²) in [4.78, 5) is 19.1. The van der Waals surface area contributed by atoms with Crippen molar-refractivity contribution >= 4 is 23.5 Å². The van der Waals surface area contributed by atoms with Crippen molar-refractivity contribution < 1.29 is 29.6 Å². The molecular weight excluding hydrogens is 324 g/mol. The van der Waals surface area contributed by atoms with Gasteiger partial charge in [-0.1, -0.05) is 0 Å². The van der Waals surface area contributed by atoms with Gasteiger partial charge in [0.1, 0.15) is 12.7 Å². The zero-order valence-corrected chi connectivity index (χ0v) is 14.0. The quantitative estimate of drug-likeness (QED) is 0.538. The number of hydrogen-bond donors (Lipinski definition) is 4. The number of carboxylic acids is 2. The molecule has 0 fully saturated rings. The molecule has 0 amide bonds. The molecule has 1 aromatic heterocycles. The van der Waals surface area contributed by atoms with Crippen molar-refractivity contribution in [3.05, 3.63) is 23.6 Å². The summed E-state index contributed by atoms with van der Waals surface area (Å²) >= 11 is 1.34. The molecule has 0 spiro atoms. The molecule has 23 heavy (non-hydrogen) atoms. The van der Waals surface area contributed by atoms with Crippen molar-refractivity contribution in [3.8, 4) is 5.88 Å². The van der Waals surface area contributed by atoms with Gasteiger partial charge in [-0.2, -0.15) is 4.37 Å². The van der Waals surface area contributed by atoms with Crippen molar-refractivity contribution in [2.75, 3.05) is 13.2 Å². The van der Waals surface area contributed by atoms with E-state index in [1.54, 1.807) is 6.07 Å². The minimum atomic E-state index is -1.26. The van der Waals surface area contributed by atoms with E-state index < -0.39 is 18.0 Å². The molecule has 1 rings (SSSR count). The Labute approximate surface area is 138 Å². The standard InChI is InChI=1S/C10H18N2O2S.C4H4O4/c1-10(2,3)11-6-8(13)7-14-9-4-5-15-12-9;5-3(6)1-2-4(7)8/h4-5,8,11,13H,6-7H2,1-3H3;1-2H,(H,5,6)(H,7,8)/b;2-1-. The highest BCUT2D eigenvalue weighted by molar-refractivity contribution is 7.03. The van der Waals surface area contributed by atoms with E-state index in [0.717, 1.165) is 0 Å². The third kappa shape index (κ3) is 14.7. The molecule has 0 saturated carbocycles. The van der Waals surface area contributed by atoms with Gasteiger partial charge in [-0.25, -0.2) is 9.59 Å². The lowest BCUT2D eigenvalue weighted by atomic mass is 10.1. The third-order valence-electron chi connectivity index (χ3n) is 2.07. The molecule has 0 aliphatic heterocycles. The highest BCUT2D eigenvalue weighted by Crippen LogP contribution is 2.08. The van der Waals surface area contributed by atoms with Crippen molar-refractivity contribution in [3.63, 3.8) is 0 Å². The molecule has 1 aromatic rings. The summed E-state index contributed by atoms with van der Waals surface area (Å²) in [6.45, 7) is 6.96. The number of carboxylic acid groups (broad SMARTS) is 2. The molecule has 0 aromatic carbocycles. The monoisotopic (exact) mass is 346 g/mol. The topological polar surface area (TPSA) is 129 Å². The number of aliphatic carboxylic acids is 2. The van der Waals surface area contributed by atoms with Gasteiger partial charge >= 0.3 is 11.9 Å². The summed E-state index contributed by atoms with van der Waals surface area (Å²) in [7, 11) is 0. The van der Waals surface area contributed by atoms with E-state index in [0.29, 0.717) is 24.6 Å². The van der Waals surface area contributed by atoms with Gasteiger partial charge in [0.2, 0.25) is 5.88 Å². The van der Waals surface area contributed by atoms with E-state index in [9.17, 15) is 14.7 Å². The van der Waals surface area contributed by atoms with Crippen LogP contribution in [0.3, 0.4) is 0 Å². The molecule has 0 radical (unpaired) electrons. The number of hydrogen-bond acceptors (Lipinski definition) is 7. The van der Waals surface area contributed by atoms with Crippen LogP contribution in [0.4, 0.5) is 0 Å². The zero-order chi connectivity index (χ0) is 17.9. The summed E-state index contributed by atoms with van der Waals surface area (Å²) in [5, 5.41) is 30.3. The predicted octanol–water partition coefficient (Wildman–Crippen LogP) is 0.983. The zero-order valence-electron chi connectivity index (χ0n) is 13.2. The van der Waals surface area contributed by atoms with Gasteiger partial charge in [0.15, 0.2) is 0 Å². The third-order valence-corrected chi connectivity index (χ3v) is 2.62. The first-order valence-electron chi connectivity index (χ1n) is 6.70. The van der Waals surface area contributed by atoms with Gasteiger partial charge < -0.3 is 25.4 Å². The van der Waals surface area contributed by atoms with Gasteiger partial charge in [0, 0.05) is 35.7 Å². The maximum Gasteiger partial charge on any atom is 0.328 e. The Balaban J connectivity index is 0.000000515. The lowest BCUT2D eigenvalue weighted by Gasteiger charge is -2.22. The Bertz CT molecular complexity index is 480. The summed E-state index contributed by atoms with van der Waals surface area (Å²) in [5.74, 6) is -1.94. The molecule has 130 valence electrons. The van der Waals surface area contributed by atoms with E-state index in [1.165, 1.54) is 11.5 Å². The highest BCUT2D eigenvalue weighted by atomic mass is 32.1. The number of aliphatic hydroxyl groups is 1. The molecule has 8 nitrogen and oxygen atoms in total. The second-order valence-electron chi connectivity index (χ2n) is 5.44. The lowest BCUT2D eigenvalue weighted by Crippen LogP contribution is -2.42. The number of ether oxygens (including phenoxy) is 1. The van der Waals surface area contributed by atoms with Gasteiger partial charge in [0.25, 0.3) is 0 Å². The van der Waals surface area contributed by atoms with Crippen molar-refractivity contribution in [2.45, 2.75) is 32.4 Å². The minimum absolute atomic E-state index is 0.0155. The summed E-state index contributed by atoms with van der Waals surface area (Å²) in [6.07, 6.45) is 0.607. The van der Waals surface area contributed by atoms with E-state index in [2.05, 4.69) is 30.5 Å². The highest BCUT2D eigenvalue weighted by Gasteiger charge is 2.12. The number of aliphatic hydroxyl groups excluding tert-OH is 1. The van der Waals surface area contributed by atoms with Crippen LogP contribution in [0.2, 0.25) is 0 Å². The van der Waals surface area contributed by atoms with E-state index >= 15 is 0 Å². The molecule has 1 atom stereocenters. The molecular formula is C14H22N2O6S. The molecule has 1 heterocycles. The van der Waals surface area contributed by atoms with Crippen LogP contribution in [-0.4, -0.2) is 56.4 Å². The molecule has 0 saturated heterocycles. The Morgan fingerprint density at radius 2 is 1.91 bits per heavy atom. The smallest absolute Gasteiger partial charge is 0.328 e. The van der Waals surface area contributed by atoms with Crippen LogP contribution in [0.1, 0.15) is 20.8 Å². The Kier molecular flexibility index (Phi) is 9.79. The maximum atomic E-state index is 9.60. The second-order valence-corrected chi connectivity index (χ2v) is 6.11. The fourth-order valence-corrected chi connectivity index (χ4v) is 1.54. The lowest BCUT2D eigenvalue weighted by molar-refractivity contribution is -0.134. The first-order valence-corrected chi connectivity index (χ1v) is 7.54. The number of β-amino-alcohol motifs (C(OH)–C–C–N with tert-alkyl or cyclic N) is 1. The number of rotatable bonds is 7. The largest absolute Gasteiger partial charge is 0.478 e. The number of aromatic nitrogens is 1. The number of nitrogens with zero attached hydrogens (tertiary/aromatic N) is 1. The van der Waals surface area contributed by atoms with Gasteiger partial charge in [-0.15, -0.1) is 0 Å². The SMILES string of the molecule is CC(C)(C)NCC(O)COc1ccsn1.O=C(O)/C=C\C(=O)O. The van der Waals surface area contributed by atoms with E-state index in [1.807, 2.05) is 5.38 Å². The number of nitrogens with one attached hydrogen (secondary N) is 1. The van der Waals surface area contributed by atoms with Crippen LogP contribution in [0.15, 0.2) is 23.6 Å². The average molecular weight is 346 g/mol. The Morgan fingerprint density at radius 1 is 1.35 bits per heavy atom. The molecule has 4 N–H and O–H groups in total. The molecule has 0 aliphatic rings. The van der Waals surface area contributed by atoms with E-state index in [4.69, 9.17) is 14.9 Å². The molecule has 0 aliphatic carbocycles. The number of carbonyl (C=O) groups is 2. The molecule has 9 heteroatoms. The Morgan fingerprint density at radius 3 is 2.30 bits per heavy atom. The van der Waals surface area contributed by atoms with E-state index in [-0.39, 0.29) is 12.1 Å². The second kappa shape index (κ2) is 10.7. The molecule has 1 unspecified atom stereocenters. The Hall–Kier alpha value is -1.97. The van der Waals surface area contributed by atoms with Gasteiger partial charge in [-0.05, 0) is 32.3 Å². The van der Waals surface area contributed by atoms with Crippen LogP contribution in [0.5, 0.6) is 5.88 Å². The van der Waals surface area contributed by atoms with Crippen molar-refractivity contribution in [2.24, 2.45) is 0 Å².